The molecule has 0 aliphatic rings. The summed E-state index contributed by atoms with van der Waals surface area (Å²) in [4.78, 5) is 0. The van der Waals surface area contributed by atoms with Gasteiger partial charge in [-0.2, -0.15) is 0 Å². The zero-order valence-corrected chi connectivity index (χ0v) is 12.8. The average Bonchev–Trinajstić information content (AvgIpc) is 2.93. The van der Waals surface area contributed by atoms with Crippen molar-refractivity contribution in [2.75, 3.05) is 6.54 Å². The summed E-state index contributed by atoms with van der Waals surface area (Å²) in [5.41, 5.74) is 4.58. The van der Waals surface area contributed by atoms with Gasteiger partial charge in [0.05, 0.1) is 0 Å². The topological polar surface area (TPSA) is 25.2 Å². The molecular formula is C19H21NO. The minimum atomic E-state index is 0.377. The van der Waals surface area contributed by atoms with Crippen LogP contribution in [-0.2, 0) is 0 Å². The maximum atomic E-state index is 6.02. The number of fused-ring (bicyclic) bond motifs is 1. The molecule has 1 aromatic heterocycles. The summed E-state index contributed by atoms with van der Waals surface area (Å²) < 4.78 is 6.02. The zero-order valence-electron chi connectivity index (χ0n) is 12.8. The van der Waals surface area contributed by atoms with Crippen molar-refractivity contribution >= 4 is 11.0 Å². The third kappa shape index (κ3) is 2.72. The van der Waals surface area contributed by atoms with Crippen molar-refractivity contribution in [3.05, 3.63) is 59.7 Å². The highest BCUT2D eigenvalue weighted by atomic mass is 16.3. The van der Waals surface area contributed by atoms with E-state index in [9.17, 15) is 0 Å². The predicted octanol–water partition coefficient (Wildman–Crippen LogP) is 5.08. The summed E-state index contributed by atoms with van der Waals surface area (Å²) in [5.74, 6) is 0.932. The summed E-state index contributed by atoms with van der Waals surface area (Å²) in [6.07, 6.45) is 0. The fraction of sp³-hybridized carbons (Fsp3) is 0.263. The number of rotatable bonds is 4. The number of hydrogen-bond acceptors (Lipinski definition) is 2. The molecule has 1 unspecified atom stereocenters. The van der Waals surface area contributed by atoms with Crippen molar-refractivity contribution in [3.8, 4) is 11.3 Å². The maximum Gasteiger partial charge on any atom is 0.137 e. The van der Waals surface area contributed by atoms with E-state index in [4.69, 9.17) is 4.42 Å². The smallest absolute Gasteiger partial charge is 0.137 e. The minimum Gasteiger partial charge on any atom is -0.456 e. The largest absolute Gasteiger partial charge is 0.456 e. The second-order valence-corrected chi connectivity index (χ2v) is 5.51. The van der Waals surface area contributed by atoms with Gasteiger partial charge < -0.3 is 9.73 Å². The van der Waals surface area contributed by atoms with Crippen molar-refractivity contribution in [1.82, 2.24) is 5.32 Å². The quantitative estimate of drug-likeness (QED) is 0.720. The molecule has 2 aromatic carbocycles. The minimum absolute atomic E-state index is 0.377. The lowest BCUT2D eigenvalue weighted by Crippen LogP contribution is -2.17. The number of aryl methyl sites for hydroxylation is 1. The van der Waals surface area contributed by atoms with Crippen molar-refractivity contribution in [3.63, 3.8) is 0 Å². The van der Waals surface area contributed by atoms with Gasteiger partial charge in [0.15, 0.2) is 0 Å². The van der Waals surface area contributed by atoms with Crippen molar-refractivity contribution in [1.29, 1.82) is 0 Å². The summed E-state index contributed by atoms with van der Waals surface area (Å²) in [7, 11) is 0. The first-order chi connectivity index (χ1) is 10.2. The first-order valence-corrected chi connectivity index (χ1v) is 7.52. The Balaban J connectivity index is 1.94. The van der Waals surface area contributed by atoms with E-state index in [1.165, 1.54) is 11.1 Å². The second-order valence-electron chi connectivity index (χ2n) is 5.51. The van der Waals surface area contributed by atoms with Crippen molar-refractivity contribution in [2.45, 2.75) is 26.8 Å². The number of para-hydroxylation sites is 1. The van der Waals surface area contributed by atoms with E-state index < -0.39 is 0 Å². The Kier molecular flexibility index (Phi) is 3.80. The highest BCUT2D eigenvalue weighted by Crippen LogP contribution is 2.30. The normalized spacial score (nSPS) is 12.7. The van der Waals surface area contributed by atoms with Gasteiger partial charge in [-0.15, -0.1) is 0 Å². The molecule has 1 atom stereocenters. The molecule has 0 fully saturated rings. The molecule has 0 spiro atoms. The van der Waals surface area contributed by atoms with E-state index in [0.29, 0.717) is 6.04 Å². The molecule has 21 heavy (non-hydrogen) atoms. The Morgan fingerprint density at radius 2 is 1.86 bits per heavy atom. The Morgan fingerprint density at radius 1 is 1.10 bits per heavy atom. The van der Waals surface area contributed by atoms with Crippen LogP contribution in [0.5, 0.6) is 0 Å². The lowest BCUT2D eigenvalue weighted by Gasteiger charge is -2.12. The van der Waals surface area contributed by atoms with Gasteiger partial charge in [-0.25, -0.2) is 0 Å². The average molecular weight is 279 g/mol. The molecule has 108 valence electrons. The molecule has 0 aliphatic heterocycles. The van der Waals surface area contributed by atoms with E-state index in [1.54, 1.807) is 0 Å². The molecule has 3 rings (SSSR count). The molecule has 0 radical (unpaired) electrons. The molecular weight excluding hydrogens is 258 g/mol. The molecule has 0 saturated carbocycles. The van der Waals surface area contributed by atoms with Gasteiger partial charge in [0.25, 0.3) is 0 Å². The van der Waals surface area contributed by atoms with Crippen LogP contribution in [0.2, 0.25) is 0 Å². The lowest BCUT2D eigenvalue weighted by molar-refractivity contribution is 0.598. The Labute approximate surface area is 125 Å². The number of furan rings is 1. The summed E-state index contributed by atoms with van der Waals surface area (Å²) >= 11 is 0. The van der Waals surface area contributed by atoms with Crippen LogP contribution in [0, 0.1) is 6.92 Å². The summed E-state index contributed by atoms with van der Waals surface area (Å²) in [6, 6.07) is 17.3. The lowest BCUT2D eigenvalue weighted by atomic mass is 10.0. The van der Waals surface area contributed by atoms with Gasteiger partial charge in [0.1, 0.15) is 11.3 Å². The Morgan fingerprint density at radius 3 is 2.52 bits per heavy atom. The molecule has 0 amide bonds. The van der Waals surface area contributed by atoms with Crippen molar-refractivity contribution in [2.24, 2.45) is 0 Å². The summed E-state index contributed by atoms with van der Waals surface area (Å²) in [6.45, 7) is 7.37. The van der Waals surface area contributed by atoms with Crippen LogP contribution in [0.1, 0.15) is 31.0 Å². The van der Waals surface area contributed by atoms with E-state index in [2.05, 4.69) is 74.6 Å². The van der Waals surface area contributed by atoms with Crippen molar-refractivity contribution < 1.29 is 4.42 Å². The molecule has 2 heteroatoms. The molecule has 0 bridgehead atoms. The fourth-order valence-corrected chi connectivity index (χ4v) is 2.71. The molecule has 0 saturated heterocycles. The van der Waals surface area contributed by atoms with E-state index in [0.717, 1.165) is 28.8 Å². The predicted molar refractivity (Wildman–Crippen MR) is 88.5 cm³/mol. The highest BCUT2D eigenvalue weighted by molar-refractivity contribution is 5.85. The van der Waals surface area contributed by atoms with Crippen LogP contribution in [0.15, 0.2) is 52.9 Å². The van der Waals surface area contributed by atoms with E-state index in [1.807, 2.05) is 0 Å². The highest BCUT2D eigenvalue weighted by Gasteiger charge is 2.09. The van der Waals surface area contributed by atoms with Crippen LogP contribution in [-0.4, -0.2) is 6.54 Å². The van der Waals surface area contributed by atoms with E-state index >= 15 is 0 Å². The zero-order chi connectivity index (χ0) is 14.8. The van der Waals surface area contributed by atoms with E-state index in [-0.39, 0.29) is 0 Å². The van der Waals surface area contributed by atoms with Gasteiger partial charge in [0, 0.05) is 17.0 Å². The number of nitrogens with one attached hydrogen (secondary N) is 1. The maximum absolute atomic E-state index is 6.02. The Bertz CT molecular complexity index is 740. The monoisotopic (exact) mass is 279 g/mol. The SMILES string of the molecule is CCNC(C)c1ccc(-c2cc3cccc(C)c3o2)cc1. The van der Waals surface area contributed by atoms with Crippen LogP contribution in [0.25, 0.3) is 22.3 Å². The van der Waals surface area contributed by atoms with Crippen LogP contribution in [0.3, 0.4) is 0 Å². The van der Waals surface area contributed by atoms with Gasteiger partial charge in [-0.1, -0.05) is 49.4 Å². The van der Waals surface area contributed by atoms with Crippen LogP contribution < -0.4 is 5.32 Å². The standard InChI is InChI=1S/C19H21NO/c1-4-20-14(3)15-8-10-16(11-9-15)18-12-17-7-5-6-13(2)19(17)21-18/h5-12,14,20H,4H2,1-3H3. The third-order valence-electron chi connectivity index (χ3n) is 3.95. The molecule has 1 N–H and O–H groups in total. The summed E-state index contributed by atoms with van der Waals surface area (Å²) in [5, 5.41) is 4.59. The van der Waals surface area contributed by atoms with Crippen LogP contribution >= 0.6 is 0 Å². The fourth-order valence-electron chi connectivity index (χ4n) is 2.71. The second kappa shape index (κ2) is 5.74. The molecule has 2 nitrogen and oxygen atoms in total. The van der Waals surface area contributed by atoms with Gasteiger partial charge in [-0.05, 0) is 37.6 Å². The molecule has 0 aliphatic carbocycles. The molecule has 1 heterocycles. The van der Waals surface area contributed by atoms with Crippen LogP contribution in [0.4, 0.5) is 0 Å². The number of hydrogen-bond donors (Lipinski definition) is 1. The van der Waals surface area contributed by atoms with Gasteiger partial charge in [0.2, 0.25) is 0 Å². The first-order valence-electron chi connectivity index (χ1n) is 7.52. The third-order valence-corrected chi connectivity index (χ3v) is 3.95. The molecule has 3 aromatic rings. The van der Waals surface area contributed by atoms with Gasteiger partial charge >= 0.3 is 0 Å². The number of benzene rings is 2. The first kappa shape index (κ1) is 13.9. The van der Waals surface area contributed by atoms with Gasteiger partial charge in [-0.3, -0.25) is 0 Å². The Hall–Kier alpha value is -2.06.